The van der Waals surface area contributed by atoms with Gasteiger partial charge in [-0.3, -0.25) is 4.79 Å². The first-order valence-corrected chi connectivity index (χ1v) is 27.2. The quantitative estimate of drug-likeness (QED) is 0.0422. The molecule has 0 aliphatic rings. The summed E-state index contributed by atoms with van der Waals surface area (Å²) >= 11 is 0. The van der Waals surface area contributed by atoms with Gasteiger partial charge in [-0.2, -0.15) is 0 Å². The minimum atomic E-state index is -0.868. The first-order chi connectivity index (χ1) is 29.7. The zero-order valence-corrected chi connectivity index (χ0v) is 40.7. The van der Waals surface area contributed by atoms with Crippen LogP contribution in [0.15, 0.2) is 36.5 Å². The van der Waals surface area contributed by atoms with Crippen LogP contribution in [0.5, 0.6) is 0 Å². The number of unbranched alkanes of at least 4 members (excludes halogenated alkanes) is 39. The van der Waals surface area contributed by atoms with Crippen LogP contribution in [0.1, 0.15) is 296 Å². The molecule has 0 aliphatic carbocycles. The van der Waals surface area contributed by atoms with Gasteiger partial charge in [0.25, 0.3) is 0 Å². The molecule has 0 saturated heterocycles. The summed E-state index contributed by atoms with van der Waals surface area (Å²) in [7, 11) is 0. The molecule has 2 unspecified atom stereocenters. The van der Waals surface area contributed by atoms with Crippen LogP contribution in [0.25, 0.3) is 0 Å². The summed E-state index contributed by atoms with van der Waals surface area (Å²) in [4.78, 5) is 12.4. The van der Waals surface area contributed by atoms with Gasteiger partial charge in [0.2, 0.25) is 5.91 Å². The first-order valence-electron chi connectivity index (χ1n) is 27.2. The maximum Gasteiger partial charge on any atom is 0.220 e. The molecule has 4 nitrogen and oxygen atoms in total. The number of hydrogen-bond donors (Lipinski definition) is 3. The van der Waals surface area contributed by atoms with Crippen LogP contribution in [0.2, 0.25) is 0 Å². The van der Waals surface area contributed by atoms with E-state index in [0.717, 1.165) is 38.5 Å². The summed E-state index contributed by atoms with van der Waals surface area (Å²) in [5, 5.41) is 23.1. The Labute approximate surface area is 376 Å². The lowest BCUT2D eigenvalue weighted by molar-refractivity contribution is -0.123. The van der Waals surface area contributed by atoms with Gasteiger partial charge < -0.3 is 15.5 Å². The first kappa shape index (κ1) is 58.6. The molecule has 0 aromatic heterocycles. The normalized spacial score (nSPS) is 13.1. The largest absolute Gasteiger partial charge is 0.394 e. The Bertz CT molecular complexity index is 912. The molecule has 0 bridgehead atoms. The van der Waals surface area contributed by atoms with Crippen molar-refractivity contribution in [3.63, 3.8) is 0 Å². The zero-order chi connectivity index (χ0) is 43.5. The molecule has 0 fully saturated rings. The fourth-order valence-electron chi connectivity index (χ4n) is 8.45. The molecule has 0 aromatic carbocycles. The van der Waals surface area contributed by atoms with Gasteiger partial charge in [-0.15, -0.1) is 0 Å². The number of nitrogens with one attached hydrogen (secondary N) is 1. The van der Waals surface area contributed by atoms with Crippen LogP contribution < -0.4 is 5.32 Å². The Morgan fingerprint density at radius 1 is 0.383 bits per heavy atom. The summed E-state index contributed by atoms with van der Waals surface area (Å²) in [5.41, 5.74) is 0. The van der Waals surface area contributed by atoms with Crippen molar-refractivity contribution in [2.24, 2.45) is 0 Å². The van der Waals surface area contributed by atoms with Crippen LogP contribution in [0.4, 0.5) is 0 Å². The fourth-order valence-corrected chi connectivity index (χ4v) is 8.45. The highest BCUT2D eigenvalue weighted by Crippen LogP contribution is 2.17. The van der Waals surface area contributed by atoms with Crippen molar-refractivity contribution in [1.82, 2.24) is 5.32 Å². The molecule has 2 atom stereocenters. The molecule has 0 saturated carbocycles. The highest BCUT2D eigenvalue weighted by atomic mass is 16.3. The molecule has 0 radical (unpaired) electrons. The van der Waals surface area contributed by atoms with E-state index in [9.17, 15) is 15.0 Å². The second-order valence-corrected chi connectivity index (χ2v) is 18.6. The lowest BCUT2D eigenvalue weighted by atomic mass is 10.0. The van der Waals surface area contributed by atoms with Gasteiger partial charge in [0.05, 0.1) is 18.8 Å². The number of carbonyl (C=O) groups is 1. The number of aliphatic hydroxyl groups excluding tert-OH is 2. The van der Waals surface area contributed by atoms with Gasteiger partial charge in [0.1, 0.15) is 0 Å². The Morgan fingerprint density at radius 3 is 0.967 bits per heavy atom. The molecule has 0 heterocycles. The van der Waals surface area contributed by atoms with Crippen molar-refractivity contribution in [2.45, 2.75) is 309 Å². The highest BCUT2D eigenvalue weighted by Gasteiger charge is 2.18. The van der Waals surface area contributed by atoms with Crippen LogP contribution in [-0.2, 0) is 4.79 Å². The Balaban J connectivity index is 3.54. The van der Waals surface area contributed by atoms with Crippen molar-refractivity contribution < 1.29 is 15.0 Å². The molecule has 0 rings (SSSR count). The summed E-state index contributed by atoms with van der Waals surface area (Å²) in [6, 6.07) is -0.643. The Kier molecular flexibility index (Phi) is 50.8. The Morgan fingerprint density at radius 2 is 0.650 bits per heavy atom. The smallest absolute Gasteiger partial charge is 0.220 e. The van der Waals surface area contributed by atoms with E-state index in [1.54, 1.807) is 6.08 Å². The van der Waals surface area contributed by atoms with Gasteiger partial charge >= 0.3 is 0 Å². The summed E-state index contributed by atoms with van der Waals surface area (Å²) < 4.78 is 0. The van der Waals surface area contributed by atoms with Crippen LogP contribution >= 0.6 is 0 Å². The molecule has 0 aromatic rings. The van der Waals surface area contributed by atoms with Crippen LogP contribution in [-0.4, -0.2) is 34.9 Å². The predicted molar refractivity (Wildman–Crippen MR) is 267 cm³/mol. The molecular formula is C56H107NO3. The molecule has 4 heteroatoms. The highest BCUT2D eigenvalue weighted by molar-refractivity contribution is 5.76. The number of aliphatic hydroxyl groups is 2. The molecule has 3 N–H and O–H groups in total. The van der Waals surface area contributed by atoms with Crippen molar-refractivity contribution >= 4 is 5.91 Å². The number of allylic oxidation sites excluding steroid dienone is 5. The van der Waals surface area contributed by atoms with Crippen molar-refractivity contribution in [3.8, 4) is 0 Å². The average molecular weight is 842 g/mol. The molecule has 354 valence electrons. The lowest BCUT2D eigenvalue weighted by Crippen LogP contribution is -2.45. The van der Waals surface area contributed by atoms with E-state index in [2.05, 4.69) is 43.5 Å². The molecule has 0 aliphatic heterocycles. The van der Waals surface area contributed by atoms with E-state index in [1.165, 1.54) is 238 Å². The molecule has 1 amide bonds. The fraction of sp³-hybridized carbons (Fsp3) is 0.875. The zero-order valence-electron chi connectivity index (χ0n) is 40.7. The van der Waals surface area contributed by atoms with Gasteiger partial charge in [-0.05, 0) is 44.9 Å². The van der Waals surface area contributed by atoms with E-state index in [0.29, 0.717) is 6.42 Å². The van der Waals surface area contributed by atoms with E-state index in [1.807, 2.05) is 6.08 Å². The number of rotatable bonds is 50. The van der Waals surface area contributed by atoms with Gasteiger partial charge in [0.15, 0.2) is 0 Å². The van der Waals surface area contributed by atoms with Gasteiger partial charge in [0, 0.05) is 6.42 Å². The summed E-state index contributed by atoms with van der Waals surface area (Å²) in [6.45, 7) is 4.33. The van der Waals surface area contributed by atoms with E-state index in [-0.39, 0.29) is 12.5 Å². The topological polar surface area (TPSA) is 69.6 Å². The van der Waals surface area contributed by atoms with E-state index in [4.69, 9.17) is 0 Å². The lowest BCUT2D eigenvalue weighted by Gasteiger charge is -2.19. The second-order valence-electron chi connectivity index (χ2n) is 18.6. The van der Waals surface area contributed by atoms with E-state index >= 15 is 0 Å². The maximum atomic E-state index is 12.4. The minimum absolute atomic E-state index is 0.0731. The second kappa shape index (κ2) is 52.0. The Hall–Kier alpha value is -1.39. The standard InChI is InChI=1S/C56H107NO3/c1-3-5-7-9-11-13-15-17-19-21-23-24-25-26-27-28-29-30-31-32-34-35-37-39-41-43-45-47-49-51-55(59)54(53-58)57-56(60)52-50-48-46-44-42-40-38-36-33-22-20-18-16-14-12-10-8-6-4-2/h34-35,41,43,49,51,54-55,58-59H,3-33,36-40,42,44-48,50,52-53H2,1-2H3,(H,57,60)/b35-34+,43-41+,51-49+. The summed E-state index contributed by atoms with van der Waals surface area (Å²) in [6.07, 6.45) is 70.2. The maximum absolute atomic E-state index is 12.4. The average Bonchev–Trinajstić information content (AvgIpc) is 3.25. The third kappa shape index (κ3) is 47.7. The van der Waals surface area contributed by atoms with Crippen molar-refractivity contribution in [3.05, 3.63) is 36.5 Å². The summed E-state index contributed by atoms with van der Waals surface area (Å²) in [5.74, 6) is -0.0731. The third-order valence-corrected chi connectivity index (χ3v) is 12.6. The predicted octanol–water partition coefficient (Wildman–Crippen LogP) is 17.7. The van der Waals surface area contributed by atoms with E-state index < -0.39 is 12.1 Å². The van der Waals surface area contributed by atoms with Crippen LogP contribution in [0, 0.1) is 0 Å². The van der Waals surface area contributed by atoms with Crippen molar-refractivity contribution in [1.29, 1.82) is 0 Å². The molecule has 60 heavy (non-hydrogen) atoms. The minimum Gasteiger partial charge on any atom is -0.394 e. The van der Waals surface area contributed by atoms with Gasteiger partial charge in [-0.1, -0.05) is 281 Å². The molecule has 0 spiro atoms. The SMILES string of the molecule is CCCCCCCCCCCCCCCCCCCCC/C=C/CC/C=C/CC/C=C/C(O)C(CO)NC(=O)CCCCCCCCCCCCCCCCCCCCC. The number of hydrogen-bond acceptors (Lipinski definition) is 3. The van der Waals surface area contributed by atoms with Crippen molar-refractivity contribution in [2.75, 3.05) is 6.61 Å². The van der Waals surface area contributed by atoms with Crippen LogP contribution in [0.3, 0.4) is 0 Å². The molecular weight excluding hydrogens is 735 g/mol. The number of carbonyl (C=O) groups excluding carboxylic acids is 1. The van der Waals surface area contributed by atoms with Gasteiger partial charge in [-0.25, -0.2) is 0 Å². The third-order valence-electron chi connectivity index (χ3n) is 12.6. The monoisotopic (exact) mass is 842 g/mol. The number of amides is 1.